The summed E-state index contributed by atoms with van der Waals surface area (Å²) in [4.78, 5) is 0.334. The molecule has 8 heteroatoms. The molecule has 0 saturated carbocycles. The van der Waals surface area contributed by atoms with Crippen LogP contribution in [-0.2, 0) is 20.0 Å². The number of hydrogen-bond acceptors (Lipinski definition) is 4. The van der Waals surface area contributed by atoms with Crippen LogP contribution in [0.5, 0.6) is 0 Å². The summed E-state index contributed by atoms with van der Waals surface area (Å²) < 4.78 is 53.8. The first-order valence-corrected chi connectivity index (χ1v) is 10.8. The van der Waals surface area contributed by atoms with Gasteiger partial charge in [-0.15, -0.1) is 0 Å². The van der Waals surface area contributed by atoms with Crippen molar-refractivity contribution in [3.05, 3.63) is 60.2 Å². The Labute approximate surface area is 148 Å². The van der Waals surface area contributed by atoms with E-state index in [4.69, 9.17) is 0 Å². The molecule has 1 fully saturated rings. The number of sulfonamides is 2. The first-order chi connectivity index (χ1) is 11.7. The van der Waals surface area contributed by atoms with Crippen molar-refractivity contribution in [1.29, 1.82) is 0 Å². The number of aryl methyl sites for hydroxylation is 1. The Kier molecular flexibility index (Phi) is 4.72. The maximum absolute atomic E-state index is 12.9. The highest BCUT2D eigenvalue weighted by Gasteiger charge is 2.43. The minimum absolute atomic E-state index is 0.128. The fraction of sp³-hybridized carbons (Fsp3) is 0.294. The molecule has 3 rings (SSSR count). The molecule has 0 radical (unpaired) electrons. The van der Waals surface area contributed by atoms with Crippen molar-refractivity contribution < 1.29 is 16.8 Å². The molecule has 1 saturated heterocycles. The Bertz CT molecular complexity index is 955. The summed E-state index contributed by atoms with van der Waals surface area (Å²) in [5.41, 5.74) is 0.960. The minimum Gasteiger partial charge on any atom is -0.207 e. The molecule has 0 aliphatic carbocycles. The van der Waals surface area contributed by atoms with Gasteiger partial charge in [-0.1, -0.05) is 35.9 Å². The second-order valence-corrected chi connectivity index (χ2v) is 9.77. The van der Waals surface area contributed by atoms with E-state index < -0.39 is 26.2 Å². The quantitative estimate of drug-likeness (QED) is 0.813. The molecule has 0 amide bonds. The van der Waals surface area contributed by atoms with Crippen LogP contribution in [0.3, 0.4) is 0 Å². The topological polar surface area (TPSA) is 74.8 Å². The first-order valence-electron chi connectivity index (χ1n) is 7.90. The van der Waals surface area contributed by atoms with Crippen molar-refractivity contribution in [1.82, 2.24) is 8.61 Å². The van der Waals surface area contributed by atoms with Crippen molar-refractivity contribution in [2.45, 2.75) is 29.8 Å². The van der Waals surface area contributed by atoms with Gasteiger partial charge in [-0.05, 0) is 38.1 Å². The molecular weight excluding hydrogens is 360 g/mol. The van der Waals surface area contributed by atoms with E-state index in [1.165, 1.54) is 20.7 Å². The van der Waals surface area contributed by atoms with Gasteiger partial charge in [0.05, 0.1) is 16.0 Å². The molecular formula is C17H20N2O4S2. The van der Waals surface area contributed by atoms with Crippen molar-refractivity contribution in [3.8, 4) is 0 Å². The zero-order valence-corrected chi connectivity index (χ0v) is 15.7. The third-order valence-corrected chi connectivity index (χ3v) is 8.30. The van der Waals surface area contributed by atoms with Crippen molar-refractivity contribution in [2.24, 2.45) is 0 Å². The molecule has 25 heavy (non-hydrogen) atoms. The van der Waals surface area contributed by atoms with Gasteiger partial charge >= 0.3 is 0 Å². The van der Waals surface area contributed by atoms with Gasteiger partial charge in [0.15, 0.2) is 0 Å². The molecule has 1 heterocycles. The Balaban J connectivity index is 1.92. The molecule has 2 aromatic rings. The highest BCUT2D eigenvalue weighted by atomic mass is 32.2. The van der Waals surface area contributed by atoms with E-state index in [2.05, 4.69) is 0 Å². The van der Waals surface area contributed by atoms with E-state index in [9.17, 15) is 16.8 Å². The molecule has 0 bridgehead atoms. The number of nitrogens with zero attached hydrogens (tertiary/aromatic N) is 2. The lowest BCUT2D eigenvalue weighted by Crippen LogP contribution is -2.42. The summed E-state index contributed by atoms with van der Waals surface area (Å²) in [6, 6.07) is 14.6. The van der Waals surface area contributed by atoms with Crippen LogP contribution < -0.4 is 0 Å². The van der Waals surface area contributed by atoms with E-state index in [-0.39, 0.29) is 22.9 Å². The van der Waals surface area contributed by atoms with Gasteiger partial charge in [0, 0.05) is 13.1 Å². The first kappa shape index (κ1) is 18.1. The summed E-state index contributed by atoms with van der Waals surface area (Å²) in [7, 11) is -7.50. The summed E-state index contributed by atoms with van der Waals surface area (Å²) in [5, 5.41) is 0. The van der Waals surface area contributed by atoms with E-state index >= 15 is 0 Å². The van der Waals surface area contributed by atoms with Gasteiger partial charge in [-0.3, -0.25) is 0 Å². The monoisotopic (exact) mass is 380 g/mol. The Hall–Kier alpha value is -1.74. The Morgan fingerprint density at radius 3 is 1.68 bits per heavy atom. The van der Waals surface area contributed by atoms with Crippen LogP contribution in [0.25, 0.3) is 0 Å². The molecule has 0 N–H and O–H groups in total. The second kappa shape index (κ2) is 6.53. The highest BCUT2D eigenvalue weighted by Crippen LogP contribution is 2.28. The highest BCUT2D eigenvalue weighted by molar-refractivity contribution is 7.90. The van der Waals surface area contributed by atoms with Gasteiger partial charge in [-0.25, -0.2) is 16.8 Å². The Morgan fingerprint density at radius 1 is 0.760 bits per heavy atom. The molecule has 2 aromatic carbocycles. The molecule has 6 nitrogen and oxygen atoms in total. The normalized spacial score (nSPS) is 20.0. The molecule has 1 atom stereocenters. The van der Waals surface area contributed by atoms with Gasteiger partial charge in [0.2, 0.25) is 20.0 Å². The summed E-state index contributed by atoms with van der Waals surface area (Å²) in [6.07, 6.45) is -0.781. The number of benzene rings is 2. The predicted molar refractivity (Wildman–Crippen MR) is 94.9 cm³/mol. The maximum atomic E-state index is 12.9. The average Bonchev–Trinajstić information content (AvgIpc) is 2.99. The molecule has 1 aliphatic heterocycles. The summed E-state index contributed by atoms with van der Waals surface area (Å²) in [6.45, 7) is 3.73. The van der Waals surface area contributed by atoms with E-state index in [0.717, 1.165) is 5.56 Å². The van der Waals surface area contributed by atoms with Crippen molar-refractivity contribution in [3.63, 3.8) is 0 Å². The van der Waals surface area contributed by atoms with E-state index in [1.807, 2.05) is 6.92 Å². The van der Waals surface area contributed by atoms with E-state index in [1.54, 1.807) is 49.4 Å². The fourth-order valence-electron chi connectivity index (χ4n) is 2.93. The minimum atomic E-state index is -3.75. The smallest absolute Gasteiger partial charge is 0.207 e. The molecule has 0 spiro atoms. The zero-order chi connectivity index (χ0) is 18.2. The SMILES string of the molecule is Cc1ccc(S(=O)(=O)N2CCN(S(=O)(=O)c3ccccc3)C2C)cc1. The van der Waals surface area contributed by atoms with Gasteiger partial charge in [-0.2, -0.15) is 8.61 Å². The van der Waals surface area contributed by atoms with Crippen LogP contribution in [0.2, 0.25) is 0 Å². The second-order valence-electron chi connectivity index (χ2n) is 5.99. The Morgan fingerprint density at radius 2 is 1.20 bits per heavy atom. The van der Waals surface area contributed by atoms with Gasteiger partial charge in [0.1, 0.15) is 0 Å². The summed E-state index contributed by atoms with van der Waals surface area (Å²) in [5.74, 6) is 0. The van der Waals surface area contributed by atoms with Crippen molar-refractivity contribution >= 4 is 20.0 Å². The van der Waals surface area contributed by atoms with Crippen LogP contribution in [0, 0.1) is 6.92 Å². The van der Waals surface area contributed by atoms with Crippen LogP contribution >= 0.6 is 0 Å². The maximum Gasteiger partial charge on any atom is 0.244 e. The van der Waals surface area contributed by atoms with Crippen LogP contribution in [0.15, 0.2) is 64.4 Å². The third kappa shape index (κ3) is 3.22. The molecule has 0 aromatic heterocycles. The van der Waals surface area contributed by atoms with Crippen LogP contribution in [-0.4, -0.2) is 44.7 Å². The molecule has 1 aliphatic rings. The number of hydrogen-bond donors (Lipinski definition) is 0. The van der Waals surface area contributed by atoms with Gasteiger partial charge < -0.3 is 0 Å². The predicted octanol–water partition coefficient (Wildman–Crippen LogP) is 2.04. The van der Waals surface area contributed by atoms with E-state index in [0.29, 0.717) is 0 Å². The average molecular weight is 380 g/mol. The molecule has 1 unspecified atom stereocenters. The van der Waals surface area contributed by atoms with Crippen LogP contribution in [0.1, 0.15) is 12.5 Å². The molecule has 134 valence electrons. The lowest BCUT2D eigenvalue weighted by atomic mass is 10.2. The standard InChI is InChI=1S/C17H20N2O4S2/c1-14-8-10-17(11-9-14)25(22,23)19-13-12-18(15(19)2)24(20,21)16-6-4-3-5-7-16/h3-11,15H,12-13H2,1-2H3. The van der Waals surface area contributed by atoms with Crippen LogP contribution in [0.4, 0.5) is 0 Å². The van der Waals surface area contributed by atoms with Gasteiger partial charge in [0.25, 0.3) is 0 Å². The van der Waals surface area contributed by atoms with Crippen molar-refractivity contribution in [2.75, 3.05) is 13.1 Å². The number of rotatable bonds is 4. The summed E-state index contributed by atoms with van der Waals surface area (Å²) >= 11 is 0. The fourth-order valence-corrected chi connectivity index (χ4v) is 6.19. The lowest BCUT2D eigenvalue weighted by Gasteiger charge is -2.26. The zero-order valence-electron chi connectivity index (χ0n) is 14.0. The lowest BCUT2D eigenvalue weighted by molar-refractivity contribution is 0.308. The largest absolute Gasteiger partial charge is 0.244 e. The third-order valence-electron chi connectivity index (χ3n) is 4.35.